The third-order valence-electron chi connectivity index (χ3n) is 2.23. The maximum absolute atomic E-state index is 11.8. The minimum Gasteiger partial charge on any atom is -0.485 e. The van der Waals surface area contributed by atoms with Crippen LogP contribution in [-0.2, 0) is 0 Å². The first kappa shape index (κ1) is 9.71. The first-order chi connectivity index (χ1) is 6.49. The highest BCUT2D eigenvalue weighted by molar-refractivity contribution is 9.10. The zero-order valence-electron chi connectivity index (χ0n) is 8.13. The number of ether oxygens (including phenoxy) is 1. The molecule has 0 saturated heterocycles. The van der Waals surface area contributed by atoms with Crippen LogP contribution < -0.4 is 4.74 Å². The molecule has 1 aromatic carbocycles. The SMILES string of the molecule is CC1(C)CC(=O)c2cccc(Br)c2O1. The third kappa shape index (κ3) is 1.57. The van der Waals surface area contributed by atoms with Crippen LogP contribution in [0.4, 0.5) is 0 Å². The summed E-state index contributed by atoms with van der Waals surface area (Å²) >= 11 is 3.38. The second-order valence-corrected chi connectivity index (χ2v) is 4.93. The van der Waals surface area contributed by atoms with E-state index in [0.29, 0.717) is 17.7 Å². The van der Waals surface area contributed by atoms with Gasteiger partial charge in [-0.05, 0) is 41.9 Å². The molecule has 0 radical (unpaired) electrons. The molecular weight excluding hydrogens is 244 g/mol. The van der Waals surface area contributed by atoms with E-state index in [-0.39, 0.29) is 5.78 Å². The van der Waals surface area contributed by atoms with Crippen LogP contribution in [0.5, 0.6) is 5.75 Å². The van der Waals surface area contributed by atoms with Crippen LogP contribution in [0.15, 0.2) is 22.7 Å². The second kappa shape index (κ2) is 3.09. The molecule has 1 aliphatic rings. The molecule has 1 heterocycles. The van der Waals surface area contributed by atoms with Gasteiger partial charge in [0.15, 0.2) is 5.78 Å². The summed E-state index contributed by atoms with van der Waals surface area (Å²) in [6.07, 6.45) is 0.441. The highest BCUT2D eigenvalue weighted by Crippen LogP contribution is 2.38. The smallest absolute Gasteiger partial charge is 0.170 e. The van der Waals surface area contributed by atoms with E-state index in [2.05, 4.69) is 15.9 Å². The molecule has 0 aliphatic carbocycles. The molecule has 0 N–H and O–H groups in total. The Kier molecular flexibility index (Phi) is 2.14. The van der Waals surface area contributed by atoms with Crippen LogP contribution in [0.25, 0.3) is 0 Å². The van der Waals surface area contributed by atoms with E-state index in [1.165, 1.54) is 0 Å². The fraction of sp³-hybridized carbons (Fsp3) is 0.364. The minimum absolute atomic E-state index is 0.151. The molecule has 0 spiro atoms. The van der Waals surface area contributed by atoms with Gasteiger partial charge in [0.05, 0.1) is 16.5 Å². The van der Waals surface area contributed by atoms with Crippen molar-refractivity contribution in [1.29, 1.82) is 0 Å². The summed E-state index contributed by atoms with van der Waals surface area (Å²) in [5.41, 5.74) is 0.284. The first-order valence-corrected chi connectivity index (χ1v) is 5.30. The Labute approximate surface area is 91.4 Å². The van der Waals surface area contributed by atoms with E-state index in [0.717, 1.165) is 4.47 Å². The van der Waals surface area contributed by atoms with Gasteiger partial charge in [0.2, 0.25) is 0 Å². The monoisotopic (exact) mass is 254 g/mol. The van der Waals surface area contributed by atoms with Crippen molar-refractivity contribution < 1.29 is 9.53 Å². The third-order valence-corrected chi connectivity index (χ3v) is 2.86. The van der Waals surface area contributed by atoms with Crippen LogP contribution in [-0.4, -0.2) is 11.4 Å². The predicted octanol–water partition coefficient (Wildman–Crippen LogP) is 3.19. The number of fused-ring (bicyclic) bond motifs is 1. The van der Waals surface area contributed by atoms with Crippen LogP contribution in [0.2, 0.25) is 0 Å². The van der Waals surface area contributed by atoms with Crippen molar-refractivity contribution in [2.24, 2.45) is 0 Å². The lowest BCUT2D eigenvalue weighted by Crippen LogP contribution is -2.36. The number of rotatable bonds is 0. The number of benzene rings is 1. The molecule has 0 fully saturated rings. The Morgan fingerprint density at radius 1 is 1.43 bits per heavy atom. The number of carbonyl (C=O) groups excluding carboxylic acids is 1. The van der Waals surface area contributed by atoms with Crippen LogP contribution in [0, 0.1) is 0 Å². The normalized spacial score (nSPS) is 18.6. The Balaban J connectivity index is 2.56. The van der Waals surface area contributed by atoms with Gasteiger partial charge in [0.1, 0.15) is 11.4 Å². The summed E-state index contributed by atoms with van der Waals surface area (Å²) in [6, 6.07) is 5.54. The predicted molar refractivity (Wildman–Crippen MR) is 57.8 cm³/mol. The van der Waals surface area contributed by atoms with E-state index in [9.17, 15) is 4.79 Å². The Hall–Kier alpha value is -0.830. The molecule has 0 unspecified atom stereocenters. The van der Waals surface area contributed by atoms with Crippen molar-refractivity contribution >= 4 is 21.7 Å². The second-order valence-electron chi connectivity index (χ2n) is 4.08. The lowest BCUT2D eigenvalue weighted by atomic mass is 9.93. The molecule has 0 aromatic heterocycles. The number of Topliss-reactive ketones (excluding diaryl/α,β-unsaturated/α-hetero) is 1. The number of hydrogen-bond donors (Lipinski definition) is 0. The fourth-order valence-corrected chi connectivity index (χ4v) is 2.07. The molecular formula is C11H11BrO2. The maximum Gasteiger partial charge on any atom is 0.170 e. The molecule has 2 nitrogen and oxygen atoms in total. The molecule has 0 bridgehead atoms. The van der Waals surface area contributed by atoms with Gasteiger partial charge in [-0.2, -0.15) is 0 Å². The first-order valence-electron chi connectivity index (χ1n) is 4.50. The van der Waals surface area contributed by atoms with Gasteiger partial charge < -0.3 is 4.74 Å². The van der Waals surface area contributed by atoms with Crippen molar-refractivity contribution in [3.05, 3.63) is 28.2 Å². The maximum atomic E-state index is 11.8. The molecule has 74 valence electrons. The average Bonchev–Trinajstić information content (AvgIpc) is 2.05. The average molecular weight is 255 g/mol. The summed E-state index contributed by atoms with van der Waals surface area (Å²) in [6.45, 7) is 3.85. The molecule has 1 aliphatic heterocycles. The summed E-state index contributed by atoms with van der Waals surface area (Å²) in [4.78, 5) is 11.8. The lowest BCUT2D eigenvalue weighted by molar-refractivity contribution is 0.0615. The summed E-state index contributed by atoms with van der Waals surface area (Å²) in [7, 11) is 0. The highest BCUT2D eigenvalue weighted by Gasteiger charge is 2.33. The summed E-state index contributed by atoms with van der Waals surface area (Å²) < 4.78 is 6.60. The lowest BCUT2D eigenvalue weighted by Gasteiger charge is -2.32. The van der Waals surface area contributed by atoms with Gasteiger partial charge in [-0.3, -0.25) is 4.79 Å². The molecule has 0 amide bonds. The van der Waals surface area contributed by atoms with Crippen molar-refractivity contribution in [3.63, 3.8) is 0 Å². The Morgan fingerprint density at radius 3 is 2.86 bits per heavy atom. The van der Waals surface area contributed by atoms with Gasteiger partial charge in [-0.15, -0.1) is 0 Å². The van der Waals surface area contributed by atoms with Crippen molar-refractivity contribution in [2.75, 3.05) is 0 Å². The van der Waals surface area contributed by atoms with E-state index in [4.69, 9.17) is 4.74 Å². The topological polar surface area (TPSA) is 26.3 Å². The zero-order chi connectivity index (χ0) is 10.3. The van der Waals surface area contributed by atoms with Gasteiger partial charge in [0.25, 0.3) is 0 Å². The molecule has 14 heavy (non-hydrogen) atoms. The van der Waals surface area contributed by atoms with Crippen molar-refractivity contribution in [1.82, 2.24) is 0 Å². The van der Waals surface area contributed by atoms with Crippen molar-refractivity contribution in [2.45, 2.75) is 25.9 Å². The quantitative estimate of drug-likeness (QED) is 0.711. The fourth-order valence-electron chi connectivity index (χ4n) is 1.63. The van der Waals surface area contributed by atoms with E-state index in [1.807, 2.05) is 26.0 Å². The number of halogens is 1. The molecule has 3 heteroatoms. The largest absolute Gasteiger partial charge is 0.485 e. The van der Waals surface area contributed by atoms with E-state index >= 15 is 0 Å². The van der Waals surface area contributed by atoms with Gasteiger partial charge in [-0.25, -0.2) is 0 Å². The summed E-state index contributed by atoms with van der Waals surface area (Å²) in [5, 5.41) is 0. The van der Waals surface area contributed by atoms with Gasteiger partial charge in [-0.1, -0.05) is 6.07 Å². The van der Waals surface area contributed by atoms with Gasteiger partial charge >= 0.3 is 0 Å². The van der Waals surface area contributed by atoms with E-state index < -0.39 is 5.60 Å². The molecule has 0 saturated carbocycles. The van der Waals surface area contributed by atoms with Crippen LogP contribution in [0.1, 0.15) is 30.6 Å². The Bertz CT molecular complexity index is 396. The molecule has 1 aromatic rings. The minimum atomic E-state index is -0.395. The molecule has 2 rings (SSSR count). The number of hydrogen-bond acceptors (Lipinski definition) is 2. The Morgan fingerprint density at radius 2 is 2.14 bits per heavy atom. The molecule has 0 atom stereocenters. The highest BCUT2D eigenvalue weighted by atomic mass is 79.9. The number of carbonyl (C=O) groups is 1. The summed E-state index contributed by atoms with van der Waals surface area (Å²) in [5.74, 6) is 0.825. The zero-order valence-corrected chi connectivity index (χ0v) is 9.72. The number of ketones is 1. The standard InChI is InChI=1S/C11H11BrO2/c1-11(2)6-9(13)7-4-3-5-8(12)10(7)14-11/h3-5H,6H2,1-2H3. The van der Waals surface area contributed by atoms with E-state index in [1.54, 1.807) is 6.07 Å². The van der Waals surface area contributed by atoms with Gasteiger partial charge in [0, 0.05) is 0 Å². The van der Waals surface area contributed by atoms with Crippen LogP contribution >= 0.6 is 15.9 Å². The van der Waals surface area contributed by atoms with Crippen molar-refractivity contribution in [3.8, 4) is 5.75 Å². The van der Waals surface area contributed by atoms with Crippen LogP contribution in [0.3, 0.4) is 0 Å². The number of para-hydroxylation sites is 1.